The van der Waals surface area contributed by atoms with Crippen molar-refractivity contribution in [2.75, 3.05) is 23.7 Å². The number of nitrogens with zero attached hydrogens (tertiary/aromatic N) is 2. The number of nitrogens with one attached hydrogen (secondary N) is 2. The fraction of sp³-hybridized carbons (Fsp3) is 0.450. The van der Waals surface area contributed by atoms with E-state index in [1.54, 1.807) is 6.07 Å². The lowest BCUT2D eigenvalue weighted by atomic mass is 9.82. The van der Waals surface area contributed by atoms with E-state index in [4.69, 9.17) is 17.3 Å². The van der Waals surface area contributed by atoms with E-state index in [-0.39, 0.29) is 5.69 Å². The topological polar surface area (TPSA) is 106 Å². The molecular formula is C20H26ClN5O2. The largest absolute Gasteiger partial charge is 0.379 e. The van der Waals surface area contributed by atoms with E-state index in [2.05, 4.69) is 15.6 Å². The van der Waals surface area contributed by atoms with Crippen molar-refractivity contribution in [3.8, 4) is 0 Å². The lowest BCUT2D eigenvalue weighted by Gasteiger charge is -2.27. The lowest BCUT2D eigenvalue weighted by Crippen LogP contribution is -2.25. The van der Waals surface area contributed by atoms with Crippen LogP contribution in [0.4, 0.5) is 17.2 Å². The Labute approximate surface area is 169 Å². The van der Waals surface area contributed by atoms with E-state index in [0.29, 0.717) is 41.5 Å². The second-order valence-electron chi connectivity index (χ2n) is 7.29. The maximum atomic E-state index is 11.4. The summed E-state index contributed by atoms with van der Waals surface area (Å²) in [7, 11) is 0. The van der Waals surface area contributed by atoms with Crippen molar-refractivity contribution in [1.82, 2.24) is 4.98 Å². The van der Waals surface area contributed by atoms with E-state index in [9.17, 15) is 10.1 Å². The van der Waals surface area contributed by atoms with Gasteiger partial charge in [0.15, 0.2) is 0 Å². The minimum atomic E-state index is -0.404. The van der Waals surface area contributed by atoms with E-state index in [0.717, 1.165) is 37.8 Å². The molecule has 4 N–H and O–H groups in total. The van der Waals surface area contributed by atoms with Crippen molar-refractivity contribution in [2.24, 2.45) is 17.6 Å². The number of rotatable bonds is 8. The van der Waals surface area contributed by atoms with Gasteiger partial charge in [0.05, 0.1) is 4.92 Å². The number of benzene rings is 1. The molecule has 0 spiro atoms. The summed E-state index contributed by atoms with van der Waals surface area (Å²) in [5.41, 5.74) is 7.16. The molecule has 1 aromatic carbocycles. The molecule has 0 atom stereocenters. The third kappa shape index (κ3) is 5.33. The van der Waals surface area contributed by atoms with Crippen LogP contribution in [0.1, 0.15) is 31.2 Å². The summed E-state index contributed by atoms with van der Waals surface area (Å²) in [5.74, 6) is 1.70. The fourth-order valence-corrected chi connectivity index (χ4v) is 3.79. The number of nitrogens with two attached hydrogens (primary N) is 1. The van der Waals surface area contributed by atoms with Crippen LogP contribution < -0.4 is 16.4 Å². The van der Waals surface area contributed by atoms with Crippen molar-refractivity contribution in [3.05, 3.63) is 57.2 Å². The summed E-state index contributed by atoms with van der Waals surface area (Å²) in [5, 5.41) is 18.5. The first-order valence-electron chi connectivity index (χ1n) is 9.62. The second-order valence-corrected chi connectivity index (χ2v) is 7.70. The Morgan fingerprint density at radius 1 is 1.18 bits per heavy atom. The lowest BCUT2D eigenvalue weighted by molar-refractivity contribution is -0.384. The first-order valence-corrected chi connectivity index (χ1v) is 10.00. The van der Waals surface area contributed by atoms with Crippen molar-refractivity contribution in [3.63, 3.8) is 0 Å². The van der Waals surface area contributed by atoms with Gasteiger partial charge in [-0.25, -0.2) is 4.98 Å². The van der Waals surface area contributed by atoms with Gasteiger partial charge in [-0.2, -0.15) is 0 Å². The molecule has 2 aromatic rings. The summed E-state index contributed by atoms with van der Waals surface area (Å²) in [4.78, 5) is 15.1. The maximum Gasteiger partial charge on any atom is 0.310 e. The number of hydrogen-bond acceptors (Lipinski definition) is 6. The van der Waals surface area contributed by atoms with Crippen LogP contribution in [-0.4, -0.2) is 23.0 Å². The Bertz CT molecular complexity index is 809. The molecule has 1 fully saturated rings. The summed E-state index contributed by atoms with van der Waals surface area (Å²) >= 11 is 6.18. The van der Waals surface area contributed by atoms with Crippen LogP contribution in [0.15, 0.2) is 36.5 Å². The molecule has 0 aliphatic heterocycles. The molecular weight excluding hydrogens is 378 g/mol. The normalized spacial score (nSPS) is 19.2. The van der Waals surface area contributed by atoms with Gasteiger partial charge in [-0.05, 0) is 55.7 Å². The molecule has 0 amide bonds. The summed E-state index contributed by atoms with van der Waals surface area (Å²) in [6, 6.07) is 9.24. The van der Waals surface area contributed by atoms with Gasteiger partial charge < -0.3 is 16.4 Å². The third-order valence-electron chi connectivity index (χ3n) is 5.38. The summed E-state index contributed by atoms with van der Waals surface area (Å²) < 4.78 is 0. The molecule has 0 radical (unpaired) electrons. The standard InChI is InChI=1S/C20H26ClN5O2/c21-17-4-2-1-3-16(17)12-24-20-9-18(19(13-25-20)26(27)28)23-11-15-7-5-14(10-22)6-8-15/h1-4,9,13-15H,5-8,10-12,22H2,(H2,23,24,25). The smallest absolute Gasteiger partial charge is 0.310 e. The van der Waals surface area contributed by atoms with E-state index >= 15 is 0 Å². The molecule has 7 nitrogen and oxygen atoms in total. The molecule has 1 aliphatic rings. The van der Waals surface area contributed by atoms with Crippen molar-refractivity contribution >= 4 is 28.8 Å². The SMILES string of the molecule is NCC1CCC(CNc2cc(NCc3ccccc3Cl)ncc2[N+](=O)[O-])CC1. The predicted octanol–water partition coefficient (Wildman–Crippen LogP) is 4.43. The number of hydrogen-bond donors (Lipinski definition) is 3. The van der Waals surface area contributed by atoms with Gasteiger partial charge in [0, 0.05) is 24.2 Å². The molecule has 0 unspecified atom stereocenters. The minimum Gasteiger partial charge on any atom is -0.379 e. The molecule has 1 heterocycles. The molecule has 150 valence electrons. The van der Waals surface area contributed by atoms with Crippen LogP contribution in [0.25, 0.3) is 0 Å². The average molecular weight is 404 g/mol. The molecule has 28 heavy (non-hydrogen) atoms. The van der Waals surface area contributed by atoms with Crippen LogP contribution in [0.3, 0.4) is 0 Å². The summed E-state index contributed by atoms with van der Waals surface area (Å²) in [6.07, 6.45) is 5.76. The zero-order valence-electron chi connectivity index (χ0n) is 15.7. The third-order valence-corrected chi connectivity index (χ3v) is 5.75. The van der Waals surface area contributed by atoms with Crippen molar-refractivity contribution in [2.45, 2.75) is 32.2 Å². The first-order chi connectivity index (χ1) is 13.6. The van der Waals surface area contributed by atoms with E-state index < -0.39 is 4.92 Å². The predicted molar refractivity (Wildman–Crippen MR) is 113 cm³/mol. The van der Waals surface area contributed by atoms with Crippen LogP contribution in [-0.2, 0) is 6.54 Å². The minimum absolute atomic E-state index is 0.0149. The molecule has 8 heteroatoms. The average Bonchev–Trinajstić information content (AvgIpc) is 2.72. The number of nitro groups is 1. The highest BCUT2D eigenvalue weighted by Crippen LogP contribution is 2.31. The van der Waals surface area contributed by atoms with Gasteiger partial charge in [-0.3, -0.25) is 10.1 Å². The Balaban J connectivity index is 1.64. The first kappa shape index (κ1) is 20.4. The van der Waals surface area contributed by atoms with E-state index in [1.807, 2.05) is 24.3 Å². The van der Waals surface area contributed by atoms with Gasteiger partial charge in [0.25, 0.3) is 0 Å². The fourth-order valence-electron chi connectivity index (χ4n) is 3.59. The van der Waals surface area contributed by atoms with Gasteiger partial charge in [0.1, 0.15) is 17.7 Å². The number of anilines is 2. The Morgan fingerprint density at radius 2 is 1.89 bits per heavy atom. The van der Waals surface area contributed by atoms with Crippen LogP contribution >= 0.6 is 11.6 Å². The number of halogens is 1. The maximum absolute atomic E-state index is 11.4. The highest BCUT2D eigenvalue weighted by Gasteiger charge is 2.22. The van der Waals surface area contributed by atoms with Gasteiger partial charge in [0.2, 0.25) is 0 Å². The molecule has 1 saturated carbocycles. The Morgan fingerprint density at radius 3 is 2.57 bits per heavy atom. The highest BCUT2D eigenvalue weighted by atomic mass is 35.5. The quantitative estimate of drug-likeness (QED) is 0.444. The van der Waals surface area contributed by atoms with Crippen molar-refractivity contribution in [1.29, 1.82) is 0 Å². The molecule has 1 aromatic heterocycles. The zero-order valence-corrected chi connectivity index (χ0v) is 16.5. The monoisotopic (exact) mass is 403 g/mol. The van der Waals surface area contributed by atoms with Gasteiger partial charge in [-0.15, -0.1) is 0 Å². The Hall–Kier alpha value is -2.38. The molecule has 3 rings (SSSR count). The molecule has 1 aliphatic carbocycles. The van der Waals surface area contributed by atoms with E-state index in [1.165, 1.54) is 6.20 Å². The number of aromatic nitrogens is 1. The van der Waals surface area contributed by atoms with Crippen LogP contribution in [0.2, 0.25) is 5.02 Å². The van der Waals surface area contributed by atoms with Crippen molar-refractivity contribution < 1.29 is 4.92 Å². The summed E-state index contributed by atoms with van der Waals surface area (Å²) in [6.45, 7) is 1.95. The highest BCUT2D eigenvalue weighted by molar-refractivity contribution is 6.31. The second kappa shape index (κ2) is 9.71. The Kier molecular flexibility index (Phi) is 7.06. The van der Waals surface area contributed by atoms with Crippen LogP contribution in [0.5, 0.6) is 0 Å². The number of pyridine rings is 1. The zero-order chi connectivity index (χ0) is 19.9. The van der Waals surface area contributed by atoms with Gasteiger partial charge in [-0.1, -0.05) is 29.8 Å². The van der Waals surface area contributed by atoms with Gasteiger partial charge >= 0.3 is 5.69 Å². The molecule has 0 bridgehead atoms. The molecule has 0 saturated heterocycles. The van der Waals surface area contributed by atoms with Crippen LogP contribution in [0, 0.1) is 22.0 Å².